The Bertz CT molecular complexity index is 197. The van der Waals surface area contributed by atoms with Crippen molar-refractivity contribution in [3.05, 3.63) is 11.6 Å². The Labute approximate surface area is 86.3 Å². The van der Waals surface area contributed by atoms with Crippen LogP contribution in [0.4, 0.5) is 0 Å². The van der Waals surface area contributed by atoms with Crippen LogP contribution in [0, 0.1) is 0 Å². The van der Waals surface area contributed by atoms with Crippen LogP contribution in [0.5, 0.6) is 0 Å². The number of ether oxygens (including phenoxy) is 1. The van der Waals surface area contributed by atoms with Gasteiger partial charge in [0.05, 0.1) is 0 Å². The number of hydrogen-bond donors (Lipinski definition) is 1. The van der Waals surface area contributed by atoms with Gasteiger partial charge >= 0.3 is 5.97 Å². The van der Waals surface area contributed by atoms with Crippen LogP contribution in [-0.2, 0) is 9.53 Å². The molecule has 0 fully saturated rings. The van der Waals surface area contributed by atoms with Crippen LogP contribution in [0.15, 0.2) is 11.6 Å². The van der Waals surface area contributed by atoms with Gasteiger partial charge in [-0.15, -0.1) is 0 Å². The molecule has 0 saturated heterocycles. The summed E-state index contributed by atoms with van der Waals surface area (Å²) in [5, 5.41) is 0. The summed E-state index contributed by atoms with van der Waals surface area (Å²) in [4.78, 5) is 11.5. The molecule has 3 heteroatoms. The lowest BCUT2D eigenvalue weighted by Gasteiger charge is -2.10. The molecule has 1 unspecified atom stereocenters. The van der Waals surface area contributed by atoms with E-state index >= 15 is 0 Å². The SMILES string of the molecule is CCC/C=C(\CCC)C(=O)OC(C)N. The van der Waals surface area contributed by atoms with E-state index in [0.29, 0.717) is 0 Å². The second kappa shape index (κ2) is 7.56. The molecule has 14 heavy (non-hydrogen) atoms. The molecule has 0 radical (unpaired) electrons. The minimum absolute atomic E-state index is 0.268. The van der Waals surface area contributed by atoms with Crippen molar-refractivity contribution >= 4 is 5.97 Å². The molecule has 0 aromatic rings. The van der Waals surface area contributed by atoms with Crippen LogP contribution in [0.2, 0.25) is 0 Å². The second-order valence-corrected chi connectivity index (χ2v) is 3.38. The highest BCUT2D eigenvalue weighted by Crippen LogP contribution is 2.09. The molecule has 0 amide bonds. The minimum atomic E-state index is -0.524. The summed E-state index contributed by atoms with van der Waals surface area (Å²) in [5.41, 5.74) is 6.14. The summed E-state index contributed by atoms with van der Waals surface area (Å²) in [6, 6.07) is 0. The first-order valence-corrected chi connectivity index (χ1v) is 5.27. The summed E-state index contributed by atoms with van der Waals surface area (Å²) in [6.07, 6.45) is 5.11. The van der Waals surface area contributed by atoms with Gasteiger partial charge in [-0.05, 0) is 19.8 Å². The average molecular weight is 199 g/mol. The molecule has 0 aliphatic heterocycles. The first-order chi connectivity index (χ1) is 6.61. The third kappa shape index (κ3) is 5.75. The first-order valence-electron chi connectivity index (χ1n) is 5.27. The molecule has 3 nitrogen and oxygen atoms in total. The van der Waals surface area contributed by atoms with E-state index < -0.39 is 6.23 Å². The molecule has 2 N–H and O–H groups in total. The van der Waals surface area contributed by atoms with Gasteiger partial charge in [-0.1, -0.05) is 32.8 Å². The molecule has 0 spiro atoms. The number of allylic oxidation sites excluding steroid dienone is 1. The van der Waals surface area contributed by atoms with E-state index in [9.17, 15) is 4.79 Å². The summed E-state index contributed by atoms with van der Waals surface area (Å²) in [7, 11) is 0. The van der Waals surface area contributed by atoms with Crippen LogP contribution in [0.25, 0.3) is 0 Å². The Hall–Kier alpha value is -0.830. The number of carbonyl (C=O) groups excluding carboxylic acids is 1. The van der Waals surface area contributed by atoms with Gasteiger partial charge in [0.1, 0.15) is 6.23 Å². The highest BCUT2D eigenvalue weighted by Gasteiger charge is 2.11. The molecule has 0 heterocycles. The molecule has 82 valence electrons. The number of hydrogen-bond acceptors (Lipinski definition) is 3. The second-order valence-electron chi connectivity index (χ2n) is 3.38. The van der Waals surface area contributed by atoms with E-state index in [0.717, 1.165) is 31.3 Å². The number of esters is 1. The van der Waals surface area contributed by atoms with Gasteiger partial charge in [-0.25, -0.2) is 4.79 Å². The predicted molar refractivity (Wildman–Crippen MR) is 57.6 cm³/mol. The van der Waals surface area contributed by atoms with Crippen LogP contribution in [0.1, 0.15) is 46.5 Å². The van der Waals surface area contributed by atoms with Crippen LogP contribution >= 0.6 is 0 Å². The number of nitrogens with two attached hydrogens (primary N) is 1. The average Bonchev–Trinajstić information content (AvgIpc) is 2.10. The Balaban J connectivity index is 4.25. The van der Waals surface area contributed by atoms with Crippen molar-refractivity contribution in [2.24, 2.45) is 5.73 Å². The monoisotopic (exact) mass is 199 g/mol. The van der Waals surface area contributed by atoms with Gasteiger partial charge in [-0.3, -0.25) is 5.73 Å². The molecular formula is C11H21NO2. The van der Waals surface area contributed by atoms with E-state index in [1.807, 2.05) is 13.0 Å². The fourth-order valence-corrected chi connectivity index (χ4v) is 1.12. The third-order valence-electron chi connectivity index (χ3n) is 1.75. The molecule has 0 saturated carbocycles. The van der Waals surface area contributed by atoms with Crippen molar-refractivity contribution in [2.45, 2.75) is 52.7 Å². The predicted octanol–water partition coefficient (Wildman–Crippen LogP) is 2.36. The van der Waals surface area contributed by atoms with Gasteiger partial charge < -0.3 is 4.74 Å². The molecule has 0 aliphatic carbocycles. The van der Waals surface area contributed by atoms with Crippen molar-refractivity contribution in [3.63, 3.8) is 0 Å². The normalized spacial score (nSPS) is 13.9. The van der Waals surface area contributed by atoms with Gasteiger partial charge in [0, 0.05) is 5.57 Å². The van der Waals surface area contributed by atoms with Crippen LogP contribution in [0.3, 0.4) is 0 Å². The zero-order valence-electron chi connectivity index (χ0n) is 9.38. The molecule has 1 atom stereocenters. The fourth-order valence-electron chi connectivity index (χ4n) is 1.12. The lowest BCUT2D eigenvalue weighted by atomic mass is 10.1. The van der Waals surface area contributed by atoms with Crippen molar-refractivity contribution < 1.29 is 9.53 Å². The zero-order chi connectivity index (χ0) is 11.0. The minimum Gasteiger partial charge on any atom is -0.444 e. The lowest BCUT2D eigenvalue weighted by Crippen LogP contribution is -2.24. The first kappa shape index (κ1) is 13.2. The smallest absolute Gasteiger partial charge is 0.335 e. The Morgan fingerprint density at radius 3 is 2.50 bits per heavy atom. The van der Waals surface area contributed by atoms with Crippen molar-refractivity contribution in [3.8, 4) is 0 Å². The van der Waals surface area contributed by atoms with Crippen molar-refractivity contribution in [1.29, 1.82) is 0 Å². The topological polar surface area (TPSA) is 52.3 Å². The number of rotatable bonds is 6. The quantitative estimate of drug-likeness (QED) is 0.406. The van der Waals surface area contributed by atoms with E-state index in [4.69, 9.17) is 10.5 Å². The molecule has 0 aromatic carbocycles. The Morgan fingerprint density at radius 2 is 2.07 bits per heavy atom. The highest BCUT2D eigenvalue weighted by molar-refractivity contribution is 5.88. The van der Waals surface area contributed by atoms with Crippen molar-refractivity contribution in [1.82, 2.24) is 0 Å². The van der Waals surface area contributed by atoms with E-state index in [1.165, 1.54) is 0 Å². The van der Waals surface area contributed by atoms with Gasteiger partial charge in [0.15, 0.2) is 0 Å². The Morgan fingerprint density at radius 1 is 1.43 bits per heavy atom. The molecule has 0 aromatic heterocycles. The maximum Gasteiger partial charge on any atom is 0.335 e. The maximum absolute atomic E-state index is 11.5. The maximum atomic E-state index is 11.5. The molecule has 0 aliphatic rings. The Kier molecular flexibility index (Phi) is 7.11. The van der Waals surface area contributed by atoms with Gasteiger partial charge in [0.25, 0.3) is 0 Å². The lowest BCUT2D eigenvalue weighted by molar-refractivity contribution is -0.143. The summed E-state index contributed by atoms with van der Waals surface area (Å²) in [6.45, 7) is 5.77. The van der Waals surface area contributed by atoms with E-state index in [1.54, 1.807) is 6.92 Å². The number of carbonyl (C=O) groups is 1. The molecule has 0 bridgehead atoms. The fraction of sp³-hybridized carbons (Fsp3) is 0.727. The number of unbranched alkanes of at least 4 members (excludes halogenated alkanes) is 1. The van der Waals surface area contributed by atoms with Crippen molar-refractivity contribution in [2.75, 3.05) is 0 Å². The van der Waals surface area contributed by atoms with E-state index in [2.05, 4.69) is 6.92 Å². The zero-order valence-corrected chi connectivity index (χ0v) is 9.38. The van der Waals surface area contributed by atoms with Crippen LogP contribution in [-0.4, -0.2) is 12.2 Å². The third-order valence-corrected chi connectivity index (χ3v) is 1.75. The molecule has 0 rings (SSSR count). The standard InChI is InChI=1S/C11H21NO2/c1-4-6-8-10(7-5-2)11(13)14-9(3)12/h8-9H,4-7,12H2,1-3H3/b10-8+. The summed E-state index contributed by atoms with van der Waals surface area (Å²) in [5.74, 6) is -0.268. The van der Waals surface area contributed by atoms with Gasteiger partial charge in [0.2, 0.25) is 0 Å². The largest absolute Gasteiger partial charge is 0.444 e. The van der Waals surface area contributed by atoms with Crippen LogP contribution < -0.4 is 5.73 Å². The summed E-state index contributed by atoms with van der Waals surface area (Å²) >= 11 is 0. The highest BCUT2D eigenvalue weighted by atomic mass is 16.6. The van der Waals surface area contributed by atoms with E-state index in [-0.39, 0.29) is 5.97 Å². The van der Waals surface area contributed by atoms with Gasteiger partial charge in [-0.2, -0.15) is 0 Å². The molecular weight excluding hydrogens is 178 g/mol. The summed E-state index contributed by atoms with van der Waals surface area (Å²) < 4.78 is 4.93.